The number of imide groups is 1. The SMILES string of the molecule is O=C(ON1C(=O)CCC1=O)N1CCN(Cc2ccc(C(=O)N3CCC3)cc2Cl)CC1. The van der Waals surface area contributed by atoms with E-state index in [1.807, 2.05) is 6.07 Å². The van der Waals surface area contributed by atoms with Crippen LogP contribution in [0.5, 0.6) is 0 Å². The van der Waals surface area contributed by atoms with Crippen molar-refractivity contribution in [2.75, 3.05) is 39.3 Å². The van der Waals surface area contributed by atoms with Crippen molar-refractivity contribution in [3.05, 3.63) is 34.3 Å². The molecule has 0 aliphatic carbocycles. The number of hydrogen-bond donors (Lipinski definition) is 0. The minimum absolute atomic E-state index is 0.0109. The highest BCUT2D eigenvalue weighted by Crippen LogP contribution is 2.23. The second kappa shape index (κ2) is 8.61. The van der Waals surface area contributed by atoms with Gasteiger partial charge >= 0.3 is 6.09 Å². The van der Waals surface area contributed by atoms with Gasteiger partial charge in [-0.1, -0.05) is 17.7 Å². The zero-order valence-corrected chi connectivity index (χ0v) is 17.3. The fourth-order valence-electron chi connectivity index (χ4n) is 3.63. The van der Waals surface area contributed by atoms with Crippen LogP contribution in [-0.2, 0) is 21.0 Å². The Balaban J connectivity index is 1.28. The van der Waals surface area contributed by atoms with Crippen LogP contribution in [0.2, 0.25) is 5.02 Å². The number of amides is 4. The standard InChI is InChI=1S/C20H23ClN4O5/c21-16-12-14(19(28)23-6-1-7-23)2-3-15(16)13-22-8-10-24(11-9-22)20(29)30-25-17(26)4-5-18(25)27/h2-3,12H,1,4-11,13H2. The van der Waals surface area contributed by atoms with Crippen molar-refractivity contribution in [3.8, 4) is 0 Å². The number of hydrogen-bond acceptors (Lipinski definition) is 6. The summed E-state index contributed by atoms with van der Waals surface area (Å²) in [7, 11) is 0. The molecule has 9 nitrogen and oxygen atoms in total. The van der Waals surface area contributed by atoms with Crippen molar-refractivity contribution < 1.29 is 24.0 Å². The summed E-state index contributed by atoms with van der Waals surface area (Å²) in [6.45, 7) is 4.22. The molecule has 3 saturated heterocycles. The first-order chi connectivity index (χ1) is 14.4. The highest BCUT2D eigenvalue weighted by molar-refractivity contribution is 6.31. The van der Waals surface area contributed by atoms with E-state index in [2.05, 4.69) is 4.90 Å². The van der Waals surface area contributed by atoms with Crippen molar-refractivity contribution in [1.82, 2.24) is 19.8 Å². The predicted molar refractivity (Wildman–Crippen MR) is 106 cm³/mol. The summed E-state index contributed by atoms with van der Waals surface area (Å²) in [5, 5.41) is 1.12. The quantitative estimate of drug-likeness (QED) is 0.667. The molecule has 3 heterocycles. The maximum Gasteiger partial charge on any atom is 0.434 e. The minimum Gasteiger partial charge on any atom is -0.339 e. The third-order valence-corrected chi connectivity index (χ3v) is 5.99. The van der Waals surface area contributed by atoms with Gasteiger partial charge in [0.25, 0.3) is 17.7 Å². The van der Waals surface area contributed by atoms with E-state index in [0.717, 1.165) is 25.1 Å². The molecular weight excluding hydrogens is 412 g/mol. The van der Waals surface area contributed by atoms with Crippen LogP contribution in [-0.4, -0.2) is 82.8 Å². The summed E-state index contributed by atoms with van der Waals surface area (Å²) < 4.78 is 0. The molecule has 4 rings (SSSR count). The lowest BCUT2D eigenvalue weighted by Crippen LogP contribution is -2.50. The lowest BCUT2D eigenvalue weighted by molar-refractivity contribution is -0.174. The lowest BCUT2D eigenvalue weighted by atomic mass is 10.1. The van der Waals surface area contributed by atoms with E-state index in [-0.39, 0.29) is 18.7 Å². The van der Waals surface area contributed by atoms with Gasteiger partial charge in [0.05, 0.1) is 0 Å². The molecule has 1 aromatic rings. The second-order valence-electron chi connectivity index (χ2n) is 7.65. The summed E-state index contributed by atoms with van der Waals surface area (Å²) in [6, 6.07) is 5.40. The van der Waals surface area contributed by atoms with Crippen molar-refractivity contribution >= 4 is 35.4 Å². The smallest absolute Gasteiger partial charge is 0.339 e. The fourth-order valence-corrected chi connectivity index (χ4v) is 3.87. The molecule has 160 valence electrons. The number of nitrogens with zero attached hydrogens (tertiary/aromatic N) is 4. The number of hydroxylamine groups is 2. The van der Waals surface area contributed by atoms with Gasteiger partial charge in [0.1, 0.15) is 0 Å². The number of halogens is 1. The number of rotatable bonds is 4. The van der Waals surface area contributed by atoms with Gasteiger partial charge in [-0.2, -0.15) is 0 Å². The fraction of sp³-hybridized carbons (Fsp3) is 0.500. The predicted octanol–water partition coefficient (Wildman–Crippen LogP) is 1.50. The van der Waals surface area contributed by atoms with Gasteiger partial charge in [-0.3, -0.25) is 19.3 Å². The zero-order chi connectivity index (χ0) is 21.3. The van der Waals surface area contributed by atoms with Gasteiger partial charge in [0, 0.05) is 69.2 Å². The third-order valence-electron chi connectivity index (χ3n) is 5.64. The normalized spacial score (nSPS) is 19.8. The minimum atomic E-state index is -0.690. The Morgan fingerprint density at radius 3 is 2.17 bits per heavy atom. The molecule has 3 aliphatic rings. The summed E-state index contributed by atoms with van der Waals surface area (Å²) >= 11 is 6.41. The first-order valence-corrected chi connectivity index (χ1v) is 10.4. The van der Waals surface area contributed by atoms with E-state index in [9.17, 15) is 19.2 Å². The van der Waals surface area contributed by atoms with Crippen LogP contribution in [0.25, 0.3) is 0 Å². The maximum absolute atomic E-state index is 12.3. The van der Waals surface area contributed by atoms with Crippen LogP contribution >= 0.6 is 11.6 Å². The number of likely N-dealkylation sites (tertiary alicyclic amines) is 1. The number of carbonyl (C=O) groups is 4. The van der Waals surface area contributed by atoms with Crippen LogP contribution < -0.4 is 0 Å². The number of benzene rings is 1. The molecular formula is C20H23ClN4O5. The average molecular weight is 435 g/mol. The molecule has 0 spiro atoms. The lowest BCUT2D eigenvalue weighted by Gasteiger charge is -2.34. The van der Waals surface area contributed by atoms with Gasteiger partial charge < -0.3 is 14.6 Å². The monoisotopic (exact) mass is 434 g/mol. The third kappa shape index (κ3) is 4.27. The zero-order valence-electron chi connectivity index (χ0n) is 16.5. The molecule has 0 N–H and O–H groups in total. The highest BCUT2D eigenvalue weighted by atomic mass is 35.5. The van der Waals surface area contributed by atoms with E-state index in [1.165, 1.54) is 4.90 Å². The molecule has 0 atom stereocenters. The van der Waals surface area contributed by atoms with Crippen LogP contribution in [0, 0.1) is 0 Å². The Morgan fingerprint density at radius 2 is 1.60 bits per heavy atom. The Kier molecular flexibility index (Phi) is 5.92. The van der Waals surface area contributed by atoms with Crippen molar-refractivity contribution in [2.24, 2.45) is 0 Å². The summed E-state index contributed by atoms with van der Waals surface area (Å²) in [5.41, 5.74) is 1.52. The molecule has 0 unspecified atom stereocenters. The van der Waals surface area contributed by atoms with Gasteiger partial charge in [-0.05, 0) is 24.1 Å². The Hall–Kier alpha value is -2.65. The maximum atomic E-state index is 12.3. The average Bonchev–Trinajstić information content (AvgIpc) is 3.00. The van der Waals surface area contributed by atoms with Gasteiger partial charge in [0.15, 0.2) is 0 Å². The van der Waals surface area contributed by atoms with Crippen LogP contribution in [0.1, 0.15) is 35.2 Å². The van der Waals surface area contributed by atoms with Crippen molar-refractivity contribution in [3.63, 3.8) is 0 Å². The molecule has 0 saturated carbocycles. The molecule has 4 amide bonds. The Morgan fingerprint density at radius 1 is 0.933 bits per heavy atom. The van der Waals surface area contributed by atoms with E-state index in [4.69, 9.17) is 16.4 Å². The molecule has 1 aromatic carbocycles. The van der Waals surface area contributed by atoms with Crippen LogP contribution in [0.3, 0.4) is 0 Å². The van der Waals surface area contributed by atoms with E-state index < -0.39 is 17.9 Å². The van der Waals surface area contributed by atoms with Crippen molar-refractivity contribution in [1.29, 1.82) is 0 Å². The highest BCUT2D eigenvalue weighted by Gasteiger charge is 2.35. The van der Waals surface area contributed by atoms with E-state index >= 15 is 0 Å². The van der Waals surface area contributed by atoms with Gasteiger partial charge in [-0.25, -0.2) is 4.79 Å². The Labute approximate surface area is 179 Å². The molecule has 10 heteroatoms. The largest absolute Gasteiger partial charge is 0.434 e. The van der Waals surface area contributed by atoms with Gasteiger partial charge in [-0.15, -0.1) is 5.06 Å². The number of carbonyl (C=O) groups excluding carboxylic acids is 4. The molecule has 30 heavy (non-hydrogen) atoms. The molecule has 3 aliphatic heterocycles. The summed E-state index contributed by atoms with van der Waals surface area (Å²) in [4.78, 5) is 58.1. The van der Waals surface area contributed by atoms with E-state index in [0.29, 0.717) is 48.4 Å². The second-order valence-corrected chi connectivity index (χ2v) is 8.06. The first kappa shape index (κ1) is 20.6. The van der Waals surface area contributed by atoms with Crippen LogP contribution in [0.4, 0.5) is 4.79 Å². The number of piperazine rings is 1. The van der Waals surface area contributed by atoms with Gasteiger partial charge in [0.2, 0.25) is 0 Å². The Bertz CT molecular complexity index is 864. The topological polar surface area (TPSA) is 90.5 Å². The summed E-state index contributed by atoms with van der Waals surface area (Å²) in [6.07, 6.45) is 0.499. The first-order valence-electron chi connectivity index (χ1n) is 10.0. The molecule has 0 aromatic heterocycles. The van der Waals surface area contributed by atoms with E-state index in [1.54, 1.807) is 17.0 Å². The molecule has 0 radical (unpaired) electrons. The molecule has 0 bridgehead atoms. The molecule has 3 fully saturated rings. The van der Waals surface area contributed by atoms with Crippen molar-refractivity contribution in [2.45, 2.75) is 25.8 Å². The van der Waals surface area contributed by atoms with Crippen LogP contribution in [0.15, 0.2) is 18.2 Å². The summed E-state index contributed by atoms with van der Waals surface area (Å²) in [5.74, 6) is -0.966.